The highest BCUT2D eigenvalue weighted by atomic mass is 16.2. The summed E-state index contributed by atoms with van der Waals surface area (Å²) in [5.74, 6) is 2.59. The maximum Gasteiger partial charge on any atom is 0.260 e. The largest absolute Gasteiger partial charge is 0.335 e. The van der Waals surface area contributed by atoms with E-state index in [1.54, 1.807) is 6.07 Å². The van der Waals surface area contributed by atoms with E-state index in [1.807, 2.05) is 17.9 Å². The van der Waals surface area contributed by atoms with Crippen molar-refractivity contribution in [1.82, 2.24) is 9.88 Å². The normalized spacial score (nSPS) is 32.7. The third kappa shape index (κ3) is 2.73. The third-order valence-corrected chi connectivity index (χ3v) is 6.38. The predicted molar refractivity (Wildman–Crippen MR) is 89.4 cm³/mol. The summed E-state index contributed by atoms with van der Waals surface area (Å²) in [7, 11) is 0. The highest BCUT2D eigenvalue weighted by Gasteiger charge is 2.42. The molecule has 4 atom stereocenters. The van der Waals surface area contributed by atoms with Crippen molar-refractivity contribution in [1.29, 1.82) is 0 Å². The molecular weight excluding hydrogens is 288 g/mol. The lowest BCUT2D eigenvalue weighted by molar-refractivity contribution is 0.0706. The zero-order chi connectivity index (χ0) is 16.0. The maximum atomic E-state index is 12.8. The van der Waals surface area contributed by atoms with E-state index in [0.717, 1.165) is 49.3 Å². The number of fused-ring (bicyclic) bond motifs is 2. The van der Waals surface area contributed by atoms with E-state index in [0.29, 0.717) is 11.6 Å². The molecule has 124 valence electrons. The number of H-pyrrole nitrogens is 1. The molecular formula is C19H26N2O2. The van der Waals surface area contributed by atoms with Gasteiger partial charge in [0.2, 0.25) is 0 Å². The van der Waals surface area contributed by atoms with Crippen LogP contribution in [0.2, 0.25) is 0 Å². The summed E-state index contributed by atoms with van der Waals surface area (Å²) in [5.41, 5.74) is 0.850. The SMILES string of the molecule is Cc1ccc(C(=O)N2CCC[C@@H]2C[C@H]2C[C@H]3CC[C@H]2C3)c(=O)[nH]1. The Morgan fingerprint density at radius 3 is 2.83 bits per heavy atom. The Balaban J connectivity index is 1.49. The van der Waals surface area contributed by atoms with Gasteiger partial charge >= 0.3 is 0 Å². The molecule has 0 radical (unpaired) electrons. The minimum atomic E-state index is -0.249. The lowest BCUT2D eigenvalue weighted by atomic mass is 9.83. The monoisotopic (exact) mass is 314 g/mol. The van der Waals surface area contributed by atoms with Crippen molar-refractivity contribution in [2.45, 2.75) is 57.9 Å². The number of aromatic nitrogens is 1. The fraction of sp³-hybridized carbons (Fsp3) is 0.684. The standard InChI is InChI=1S/C19H26N2O2/c1-12-4-7-17(18(22)20-12)19(23)21-8-2-3-16(21)11-15-10-13-5-6-14(15)9-13/h4,7,13-16H,2-3,5-6,8-11H2,1H3,(H,20,22)/t13-,14-,15+,16+/m0/s1. The van der Waals surface area contributed by atoms with Gasteiger partial charge in [-0.3, -0.25) is 9.59 Å². The van der Waals surface area contributed by atoms with Crippen molar-refractivity contribution >= 4 is 5.91 Å². The number of pyridine rings is 1. The first-order valence-corrected chi connectivity index (χ1v) is 9.12. The van der Waals surface area contributed by atoms with Crippen LogP contribution >= 0.6 is 0 Å². The second-order valence-corrected chi connectivity index (χ2v) is 7.85. The van der Waals surface area contributed by atoms with Gasteiger partial charge in [-0.2, -0.15) is 0 Å². The number of aromatic amines is 1. The molecule has 1 aromatic rings. The molecule has 4 heteroatoms. The molecule has 1 amide bonds. The molecule has 0 unspecified atom stereocenters. The van der Waals surface area contributed by atoms with Crippen LogP contribution in [0.25, 0.3) is 0 Å². The van der Waals surface area contributed by atoms with Crippen LogP contribution in [0.4, 0.5) is 0 Å². The van der Waals surface area contributed by atoms with Crippen LogP contribution in [0, 0.1) is 24.7 Å². The van der Waals surface area contributed by atoms with E-state index in [4.69, 9.17) is 0 Å². The van der Waals surface area contributed by atoms with Crippen molar-refractivity contribution in [3.8, 4) is 0 Å². The Bertz CT molecular complexity index is 666. The summed E-state index contributed by atoms with van der Waals surface area (Å²) in [6.07, 6.45) is 8.93. The number of carbonyl (C=O) groups is 1. The summed E-state index contributed by atoms with van der Waals surface area (Å²) in [5, 5.41) is 0. The van der Waals surface area contributed by atoms with Gasteiger partial charge in [0.05, 0.1) is 0 Å². The Morgan fingerprint density at radius 2 is 2.13 bits per heavy atom. The molecule has 1 aliphatic heterocycles. The second kappa shape index (κ2) is 5.81. The molecule has 0 spiro atoms. The predicted octanol–water partition coefficient (Wildman–Crippen LogP) is 3.11. The lowest BCUT2D eigenvalue weighted by Crippen LogP contribution is -2.39. The Hall–Kier alpha value is -1.58. The Kier molecular flexibility index (Phi) is 3.78. The number of hydrogen-bond donors (Lipinski definition) is 1. The van der Waals surface area contributed by atoms with E-state index in [9.17, 15) is 9.59 Å². The molecule has 2 saturated carbocycles. The smallest absolute Gasteiger partial charge is 0.260 e. The van der Waals surface area contributed by atoms with Gasteiger partial charge in [-0.25, -0.2) is 0 Å². The summed E-state index contributed by atoms with van der Waals surface area (Å²) >= 11 is 0. The van der Waals surface area contributed by atoms with E-state index >= 15 is 0 Å². The highest BCUT2D eigenvalue weighted by Crippen LogP contribution is 2.50. The molecule has 2 bridgehead atoms. The van der Waals surface area contributed by atoms with Crippen LogP contribution in [0.3, 0.4) is 0 Å². The van der Waals surface area contributed by atoms with E-state index in [2.05, 4.69) is 4.98 Å². The molecule has 3 fully saturated rings. The molecule has 4 rings (SSSR count). The minimum absolute atomic E-state index is 0.0723. The van der Waals surface area contributed by atoms with Crippen molar-refractivity contribution < 1.29 is 4.79 Å². The molecule has 0 aromatic carbocycles. The number of likely N-dealkylation sites (tertiary alicyclic amines) is 1. The number of carbonyl (C=O) groups excluding carboxylic acids is 1. The number of rotatable bonds is 3. The first-order chi connectivity index (χ1) is 11.1. The average Bonchev–Trinajstić information content (AvgIpc) is 3.23. The summed E-state index contributed by atoms with van der Waals surface area (Å²) in [4.78, 5) is 29.6. The van der Waals surface area contributed by atoms with Crippen molar-refractivity contribution in [3.05, 3.63) is 33.7 Å². The van der Waals surface area contributed by atoms with Crippen molar-refractivity contribution in [2.75, 3.05) is 6.54 Å². The van der Waals surface area contributed by atoms with E-state index in [-0.39, 0.29) is 11.5 Å². The number of hydrogen-bond acceptors (Lipinski definition) is 2. The molecule has 1 N–H and O–H groups in total. The average molecular weight is 314 g/mol. The molecule has 4 nitrogen and oxygen atoms in total. The van der Waals surface area contributed by atoms with Gasteiger partial charge in [0.15, 0.2) is 0 Å². The van der Waals surface area contributed by atoms with Crippen LogP contribution in [0.1, 0.15) is 61.0 Å². The highest BCUT2D eigenvalue weighted by molar-refractivity contribution is 5.94. The second-order valence-electron chi connectivity index (χ2n) is 7.85. The van der Waals surface area contributed by atoms with Crippen LogP contribution in [0.5, 0.6) is 0 Å². The maximum absolute atomic E-state index is 12.8. The minimum Gasteiger partial charge on any atom is -0.335 e. The molecule has 3 aliphatic rings. The first kappa shape index (κ1) is 15.0. The molecule has 2 aliphatic carbocycles. The van der Waals surface area contributed by atoms with E-state index < -0.39 is 0 Å². The zero-order valence-electron chi connectivity index (χ0n) is 13.9. The topological polar surface area (TPSA) is 53.2 Å². The third-order valence-electron chi connectivity index (χ3n) is 6.38. The van der Waals surface area contributed by atoms with E-state index in [1.165, 1.54) is 25.7 Å². The number of amides is 1. The summed E-state index contributed by atoms with van der Waals surface area (Å²) in [6, 6.07) is 3.84. The van der Waals surface area contributed by atoms with Crippen molar-refractivity contribution in [2.24, 2.45) is 17.8 Å². The molecule has 1 aromatic heterocycles. The number of nitrogens with one attached hydrogen (secondary N) is 1. The van der Waals surface area contributed by atoms with Crippen LogP contribution in [-0.4, -0.2) is 28.4 Å². The van der Waals surface area contributed by atoms with Gasteiger partial charge in [-0.1, -0.05) is 6.42 Å². The van der Waals surface area contributed by atoms with Crippen LogP contribution < -0.4 is 5.56 Å². The fourth-order valence-corrected chi connectivity index (χ4v) is 5.26. The van der Waals surface area contributed by atoms with Gasteiger partial charge in [0, 0.05) is 18.3 Å². The Morgan fingerprint density at radius 1 is 1.26 bits per heavy atom. The number of aryl methyl sites for hydroxylation is 1. The van der Waals surface area contributed by atoms with Gasteiger partial charge in [-0.15, -0.1) is 0 Å². The van der Waals surface area contributed by atoms with Crippen LogP contribution in [0.15, 0.2) is 16.9 Å². The summed E-state index contributed by atoms with van der Waals surface area (Å²) in [6.45, 7) is 2.64. The quantitative estimate of drug-likeness (QED) is 0.932. The molecule has 2 heterocycles. The lowest BCUT2D eigenvalue weighted by Gasteiger charge is -2.30. The van der Waals surface area contributed by atoms with Crippen LogP contribution in [-0.2, 0) is 0 Å². The molecule has 1 saturated heterocycles. The number of nitrogens with zero attached hydrogens (tertiary/aromatic N) is 1. The van der Waals surface area contributed by atoms with Crippen molar-refractivity contribution in [3.63, 3.8) is 0 Å². The van der Waals surface area contributed by atoms with Gasteiger partial charge < -0.3 is 9.88 Å². The van der Waals surface area contributed by atoms with Gasteiger partial charge in [0.1, 0.15) is 5.56 Å². The fourth-order valence-electron chi connectivity index (χ4n) is 5.26. The van der Waals surface area contributed by atoms with Gasteiger partial charge in [-0.05, 0) is 75.3 Å². The van der Waals surface area contributed by atoms with Gasteiger partial charge in [0.25, 0.3) is 11.5 Å². The Labute approximate surface area is 137 Å². The summed E-state index contributed by atoms with van der Waals surface area (Å²) < 4.78 is 0. The zero-order valence-corrected chi connectivity index (χ0v) is 13.9. The first-order valence-electron chi connectivity index (χ1n) is 9.12. The molecule has 23 heavy (non-hydrogen) atoms.